The summed E-state index contributed by atoms with van der Waals surface area (Å²) < 4.78 is 0. The van der Waals surface area contributed by atoms with Gasteiger partial charge in [0.2, 0.25) is 0 Å². The summed E-state index contributed by atoms with van der Waals surface area (Å²) in [6.07, 6.45) is 17.7. The maximum atomic E-state index is 12.9. The molecule has 44 heavy (non-hydrogen) atoms. The Hall–Kier alpha value is -3.05. The van der Waals surface area contributed by atoms with Gasteiger partial charge >= 0.3 is 0 Å². The molecule has 2 aliphatic carbocycles. The summed E-state index contributed by atoms with van der Waals surface area (Å²) in [5.74, 6) is 2.45. The van der Waals surface area contributed by atoms with E-state index in [9.17, 15) is 9.59 Å². The number of carbonyl (C=O) groups is 2. The van der Waals surface area contributed by atoms with Crippen molar-refractivity contribution < 1.29 is 9.59 Å². The van der Waals surface area contributed by atoms with Crippen LogP contribution in [-0.4, -0.2) is 23.9 Å². The average Bonchev–Trinajstić information content (AvgIpc) is 3.53. The van der Waals surface area contributed by atoms with E-state index in [4.69, 9.17) is 4.99 Å². The number of nitrogens with one attached hydrogen (secondary N) is 1. The highest BCUT2D eigenvalue weighted by Crippen LogP contribution is 2.41. The fraction of sp³-hybridized carbons (Fsp3) is 0.513. The number of hydrogen-bond acceptors (Lipinski definition) is 4. The van der Waals surface area contributed by atoms with Gasteiger partial charge in [0.25, 0.3) is 5.91 Å². The largest absolute Gasteiger partial charge is 0.341 e. The molecule has 2 aliphatic rings. The lowest BCUT2D eigenvalue weighted by molar-refractivity contribution is -0.118. The molecule has 236 valence electrons. The topological polar surface area (TPSA) is 58.5 Å². The fourth-order valence-corrected chi connectivity index (χ4v) is 7.60. The van der Waals surface area contributed by atoms with Gasteiger partial charge in [0.15, 0.2) is 5.78 Å². The van der Waals surface area contributed by atoms with E-state index in [0.29, 0.717) is 17.0 Å². The van der Waals surface area contributed by atoms with Crippen LogP contribution in [0.15, 0.2) is 71.3 Å². The van der Waals surface area contributed by atoms with Gasteiger partial charge in [-0.3, -0.25) is 14.6 Å². The quantitative estimate of drug-likeness (QED) is 0.257. The second-order valence-electron chi connectivity index (χ2n) is 13.9. The summed E-state index contributed by atoms with van der Waals surface area (Å²) in [6.45, 7) is 16.6. The second-order valence-corrected chi connectivity index (χ2v) is 14.9. The monoisotopic (exact) mass is 612 g/mol. The van der Waals surface area contributed by atoms with Crippen molar-refractivity contribution in [2.45, 2.75) is 111 Å². The van der Waals surface area contributed by atoms with Crippen molar-refractivity contribution in [3.8, 4) is 0 Å². The molecule has 2 atom stereocenters. The van der Waals surface area contributed by atoms with Gasteiger partial charge in [-0.2, -0.15) is 0 Å². The zero-order valence-electron chi connectivity index (χ0n) is 27.7. The molecule has 1 aromatic heterocycles. The van der Waals surface area contributed by atoms with Gasteiger partial charge in [-0.15, -0.1) is 11.3 Å². The summed E-state index contributed by atoms with van der Waals surface area (Å²) in [5, 5.41) is 2.95. The second kappa shape index (κ2) is 15.3. The molecule has 1 N–H and O–H groups in total. The smallest absolute Gasteiger partial charge is 0.261 e. The van der Waals surface area contributed by atoms with Crippen molar-refractivity contribution in [2.24, 2.45) is 22.7 Å². The predicted octanol–water partition coefficient (Wildman–Crippen LogP) is 9.91. The molecule has 0 radical (unpaired) electrons. The van der Waals surface area contributed by atoms with E-state index in [0.717, 1.165) is 40.2 Å². The molecule has 1 amide bonds. The maximum absolute atomic E-state index is 12.9. The zero-order valence-corrected chi connectivity index (χ0v) is 28.6. The van der Waals surface area contributed by atoms with E-state index >= 15 is 0 Å². The van der Waals surface area contributed by atoms with Crippen LogP contribution in [0.2, 0.25) is 0 Å². The Labute approximate surface area is 269 Å². The number of nitrogens with zero attached hydrogens (tertiary/aromatic N) is 1. The van der Waals surface area contributed by atoms with Gasteiger partial charge in [0, 0.05) is 11.1 Å². The van der Waals surface area contributed by atoms with Crippen molar-refractivity contribution >= 4 is 34.9 Å². The number of rotatable bonds is 11. The minimum Gasteiger partial charge on any atom is -0.341 e. The highest BCUT2D eigenvalue weighted by Gasteiger charge is 2.28. The minimum atomic E-state index is -0.582. The van der Waals surface area contributed by atoms with Gasteiger partial charge in [0.05, 0.1) is 16.6 Å². The van der Waals surface area contributed by atoms with Crippen LogP contribution < -0.4 is 5.32 Å². The summed E-state index contributed by atoms with van der Waals surface area (Å²) in [5.41, 5.74) is 5.21. The SMILES string of the molecule is C=C(N=C/C(=C\C)C1=CCC(C2CCC(CC)CC2)CC1)c1ccc(C[C@H](NC(=O)c2ccc(C(C)(C)C)s2)C(C)=O)cc1. The number of hydrogen-bond donors (Lipinski definition) is 1. The number of ketones is 1. The number of carbonyl (C=O) groups excluding carboxylic acids is 2. The summed E-state index contributed by atoms with van der Waals surface area (Å²) in [7, 11) is 0. The van der Waals surface area contributed by atoms with E-state index in [1.807, 2.05) is 42.6 Å². The first-order chi connectivity index (χ1) is 21.0. The van der Waals surface area contributed by atoms with Crippen LogP contribution >= 0.6 is 11.3 Å². The Morgan fingerprint density at radius 1 is 1.05 bits per heavy atom. The first-order valence-electron chi connectivity index (χ1n) is 16.6. The van der Waals surface area contributed by atoms with Crippen molar-refractivity contribution in [2.75, 3.05) is 0 Å². The first kappa shape index (κ1) is 33.8. The predicted molar refractivity (Wildman–Crippen MR) is 188 cm³/mol. The molecular formula is C39H52N2O2S. The molecule has 4 nitrogen and oxygen atoms in total. The molecule has 5 heteroatoms. The van der Waals surface area contributed by atoms with Crippen molar-refractivity contribution in [3.05, 3.63) is 87.2 Å². The lowest BCUT2D eigenvalue weighted by Crippen LogP contribution is -2.41. The molecule has 0 bridgehead atoms. The van der Waals surface area contributed by atoms with Gasteiger partial charge in [0.1, 0.15) is 0 Å². The van der Waals surface area contributed by atoms with Crippen LogP contribution in [0.3, 0.4) is 0 Å². The molecular weight excluding hydrogens is 561 g/mol. The molecule has 1 fully saturated rings. The first-order valence-corrected chi connectivity index (χ1v) is 17.4. The number of amides is 1. The zero-order chi connectivity index (χ0) is 31.9. The Kier molecular flexibility index (Phi) is 11.8. The number of aliphatic imine (C=N–C) groups is 1. The van der Waals surface area contributed by atoms with Crippen LogP contribution in [0.5, 0.6) is 0 Å². The van der Waals surface area contributed by atoms with Gasteiger partial charge in [-0.05, 0) is 110 Å². The van der Waals surface area contributed by atoms with E-state index in [1.54, 1.807) is 0 Å². The number of Topliss-reactive ketones (excluding diaryl/α,β-unsaturated/α-hetero) is 1. The molecule has 1 aromatic carbocycles. The van der Waals surface area contributed by atoms with Crippen LogP contribution in [0.4, 0.5) is 0 Å². The van der Waals surface area contributed by atoms with Crippen LogP contribution in [0, 0.1) is 17.8 Å². The molecule has 4 rings (SSSR count). The van der Waals surface area contributed by atoms with Crippen molar-refractivity contribution in [1.29, 1.82) is 0 Å². The highest BCUT2D eigenvalue weighted by molar-refractivity contribution is 7.14. The molecule has 1 saturated carbocycles. The summed E-state index contributed by atoms with van der Waals surface area (Å²) in [4.78, 5) is 31.9. The third-order valence-corrected chi connectivity index (χ3v) is 11.2. The Morgan fingerprint density at radius 2 is 1.75 bits per heavy atom. The Balaban J connectivity index is 1.31. The Morgan fingerprint density at radius 3 is 2.30 bits per heavy atom. The third-order valence-electron chi connectivity index (χ3n) is 9.72. The molecule has 0 aliphatic heterocycles. The van der Waals surface area contributed by atoms with E-state index < -0.39 is 6.04 Å². The van der Waals surface area contributed by atoms with Crippen LogP contribution in [-0.2, 0) is 16.6 Å². The molecule has 0 spiro atoms. The molecule has 1 unspecified atom stereocenters. The molecule has 0 saturated heterocycles. The van der Waals surface area contributed by atoms with Gasteiger partial charge in [-0.25, -0.2) is 0 Å². The molecule has 2 aromatic rings. The van der Waals surface area contributed by atoms with Gasteiger partial charge < -0.3 is 5.32 Å². The molecule has 1 heterocycles. The van der Waals surface area contributed by atoms with E-state index in [2.05, 4.69) is 58.7 Å². The number of benzene rings is 1. The normalized spacial score (nSPS) is 22.0. The summed E-state index contributed by atoms with van der Waals surface area (Å²) >= 11 is 1.48. The van der Waals surface area contributed by atoms with E-state index in [1.165, 1.54) is 74.4 Å². The average molecular weight is 613 g/mol. The maximum Gasteiger partial charge on any atom is 0.261 e. The van der Waals surface area contributed by atoms with Crippen LogP contribution in [0.1, 0.15) is 119 Å². The lowest BCUT2D eigenvalue weighted by atomic mass is 9.70. The van der Waals surface area contributed by atoms with Gasteiger partial charge in [-0.1, -0.05) is 90.0 Å². The summed E-state index contributed by atoms with van der Waals surface area (Å²) in [6, 6.07) is 11.2. The van der Waals surface area contributed by atoms with Crippen molar-refractivity contribution in [3.63, 3.8) is 0 Å². The number of allylic oxidation sites excluding steroid dienone is 4. The third kappa shape index (κ3) is 9.00. The fourth-order valence-electron chi connectivity index (χ4n) is 6.64. The minimum absolute atomic E-state index is 0.0168. The van der Waals surface area contributed by atoms with Crippen molar-refractivity contribution in [1.82, 2.24) is 5.32 Å². The lowest BCUT2D eigenvalue weighted by Gasteiger charge is -2.35. The Bertz CT molecular complexity index is 1390. The van der Waals surface area contributed by atoms with E-state index in [-0.39, 0.29) is 17.1 Å². The highest BCUT2D eigenvalue weighted by atomic mass is 32.1. The number of thiophene rings is 1. The standard InChI is InChI=1S/C39H52N2O2S/c1-8-28-10-16-33(17-11-28)34-20-18-32(19-21-34)30(9-2)25-40-26(3)31-14-12-29(13-15-31)24-35(27(4)42)41-38(43)36-22-23-37(44-36)39(5,6)7/h9,12-15,18,22-23,25,28,33-35H,3,8,10-11,16-17,19-21,24H2,1-2,4-7H3,(H,41,43)/b30-9+,40-25?/t28?,33?,34?,35-/m0/s1. The van der Waals surface area contributed by atoms with Crippen LogP contribution in [0.25, 0.3) is 5.70 Å².